The van der Waals surface area contributed by atoms with Crippen molar-refractivity contribution < 1.29 is 9.47 Å². The fourth-order valence-electron chi connectivity index (χ4n) is 1.83. The molecule has 5 heteroatoms. The molecule has 1 atom stereocenters. The van der Waals surface area contributed by atoms with Crippen LogP contribution >= 0.6 is 15.9 Å². The molecule has 0 fully saturated rings. The van der Waals surface area contributed by atoms with Crippen LogP contribution in [-0.2, 0) is 4.74 Å². The van der Waals surface area contributed by atoms with Crippen molar-refractivity contribution in [2.45, 2.75) is 6.04 Å². The van der Waals surface area contributed by atoms with Crippen molar-refractivity contribution in [1.82, 2.24) is 4.98 Å². The lowest BCUT2D eigenvalue weighted by Crippen LogP contribution is -2.15. The molecule has 0 spiro atoms. The number of hydrogen-bond donors (Lipinski definition) is 1. The maximum atomic E-state index is 6.28. The van der Waals surface area contributed by atoms with Gasteiger partial charge in [-0.25, -0.2) is 0 Å². The van der Waals surface area contributed by atoms with E-state index in [1.54, 1.807) is 13.3 Å². The number of ether oxygens (including phenoxy) is 2. The van der Waals surface area contributed by atoms with Gasteiger partial charge in [-0.15, -0.1) is 0 Å². The van der Waals surface area contributed by atoms with E-state index in [-0.39, 0.29) is 6.04 Å². The van der Waals surface area contributed by atoms with Gasteiger partial charge >= 0.3 is 0 Å². The molecule has 0 aliphatic rings. The third-order valence-corrected chi connectivity index (χ3v) is 3.34. The van der Waals surface area contributed by atoms with Gasteiger partial charge in [-0.3, -0.25) is 4.98 Å². The van der Waals surface area contributed by atoms with E-state index < -0.39 is 0 Å². The molecule has 0 amide bonds. The molecule has 106 valence electrons. The van der Waals surface area contributed by atoms with Crippen LogP contribution in [0, 0.1) is 0 Å². The van der Waals surface area contributed by atoms with Crippen molar-refractivity contribution in [3.05, 3.63) is 58.3 Å². The number of aromatic nitrogens is 1. The predicted octanol–water partition coefficient (Wildman–Crippen LogP) is 2.92. The second-order valence-electron chi connectivity index (χ2n) is 4.26. The minimum Gasteiger partial charge on any atom is -0.491 e. The second-order valence-corrected chi connectivity index (χ2v) is 5.17. The van der Waals surface area contributed by atoms with Gasteiger partial charge in [-0.2, -0.15) is 0 Å². The predicted molar refractivity (Wildman–Crippen MR) is 81.8 cm³/mol. The van der Waals surface area contributed by atoms with Gasteiger partial charge in [-0.05, 0) is 34.1 Å². The molecule has 0 radical (unpaired) electrons. The van der Waals surface area contributed by atoms with Crippen molar-refractivity contribution in [2.24, 2.45) is 5.73 Å². The Morgan fingerprint density at radius 2 is 2.00 bits per heavy atom. The second kappa shape index (κ2) is 7.38. The highest BCUT2D eigenvalue weighted by atomic mass is 79.9. The molecule has 4 nitrogen and oxygen atoms in total. The third-order valence-electron chi connectivity index (χ3n) is 2.87. The molecule has 0 bridgehead atoms. The molecule has 2 N–H and O–H groups in total. The summed E-state index contributed by atoms with van der Waals surface area (Å²) in [6.07, 6.45) is 1.74. The fourth-order valence-corrected chi connectivity index (χ4v) is 2.07. The van der Waals surface area contributed by atoms with Crippen LogP contribution in [0.5, 0.6) is 5.75 Å². The number of rotatable bonds is 6. The summed E-state index contributed by atoms with van der Waals surface area (Å²) in [7, 11) is 1.65. The van der Waals surface area contributed by atoms with Crippen LogP contribution in [0.2, 0.25) is 0 Å². The smallest absolute Gasteiger partial charge is 0.124 e. The maximum absolute atomic E-state index is 6.28. The highest BCUT2D eigenvalue weighted by molar-refractivity contribution is 9.10. The first-order valence-corrected chi connectivity index (χ1v) is 7.09. The Morgan fingerprint density at radius 1 is 1.20 bits per heavy atom. The van der Waals surface area contributed by atoms with E-state index in [2.05, 4.69) is 20.9 Å². The summed E-state index contributed by atoms with van der Waals surface area (Å²) in [4.78, 5) is 4.34. The van der Waals surface area contributed by atoms with Gasteiger partial charge in [0.15, 0.2) is 0 Å². The summed E-state index contributed by atoms with van der Waals surface area (Å²) >= 11 is 3.37. The van der Waals surface area contributed by atoms with E-state index in [4.69, 9.17) is 15.2 Å². The zero-order valence-electron chi connectivity index (χ0n) is 11.3. The standard InChI is InChI=1S/C15H17BrN2O2/c1-19-8-9-20-14-5-3-2-4-12(14)15(17)13-7-6-11(16)10-18-13/h2-7,10,15H,8-9,17H2,1H3. The van der Waals surface area contributed by atoms with Crippen molar-refractivity contribution in [2.75, 3.05) is 20.3 Å². The van der Waals surface area contributed by atoms with Crippen LogP contribution in [0.1, 0.15) is 17.3 Å². The Hall–Kier alpha value is -1.43. The van der Waals surface area contributed by atoms with E-state index in [1.165, 1.54) is 0 Å². The summed E-state index contributed by atoms with van der Waals surface area (Å²) in [5, 5.41) is 0. The lowest BCUT2D eigenvalue weighted by Gasteiger charge is -2.16. The third kappa shape index (κ3) is 3.79. The average molecular weight is 337 g/mol. The summed E-state index contributed by atoms with van der Waals surface area (Å²) < 4.78 is 11.6. The largest absolute Gasteiger partial charge is 0.491 e. The summed E-state index contributed by atoms with van der Waals surface area (Å²) in [5.41, 5.74) is 8.00. The molecular formula is C15H17BrN2O2. The van der Waals surface area contributed by atoms with Gasteiger partial charge in [0.25, 0.3) is 0 Å². The lowest BCUT2D eigenvalue weighted by atomic mass is 10.0. The van der Waals surface area contributed by atoms with Crippen LogP contribution in [0.3, 0.4) is 0 Å². The quantitative estimate of drug-likeness (QED) is 0.824. The van der Waals surface area contributed by atoms with Gasteiger partial charge in [-0.1, -0.05) is 18.2 Å². The Labute approximate surface area is 127 Å². The average Bonchev–Trinajstić information content (AvgIpc) is 2.48. The highest BCUT2D eigenvalue weighted by Crippen LogP contribution is 2.27. The van der Waals surface area contributed by atoms with Crippen molar-refractivity contribution >= 4 is 15.9 Å². The first-order chi connectivity index (χ1) is 9.72. The van der Waals surface area contributed by atoms with E-state index in [0.29, 0.717) is 13.2 Å². The first kappa shape index (κ1) is 15.0. The Bertz CT molecular complexity index is 546. The molecule has 0 saturated carbocycles. The van der Waals surface area contributed by atoms with E-state index >= 15 is 0 Å². The monoisotopic (exact) mass is 336 g/mol. The molecule has 1 heterocycles. The molecule has 1 aromatic heterocycles. The van der Waals surface area contributed by atoms with Gasteiger partial charge in [0.1, 0.15) is 12.4 Å². The van der Waals surface area contributed by atoms with E-state index in [0.717, 1.165) is 21.5 Å². The van der Waals surface area contributed by atoms with E-state index in [1.807, 2.05) is 36.4 Å². The molecule has 2 rings (SSSR count). The van der Waals surface area contributed by atoms with Gasteiger partial charge in [0.2, 0.25) is 0 Å². The van der Waals surface area contributed by atoms with Crippen molar-refractivity contribution in [3.8, 4) is 5.75 Å². The number of para-hydroxylation sites is 1. The molecular weight excluding hydrogens is 320 g/mol. The summed E-state index contributed by atoms with van der Waals surface area (Å²) in [6.45, 7) is 1.04. The number of methoxy groups -OCH3 is 1. The minimum atomic E-state index is -0.318. The first-order valence-electron chi connectivity index (χ1n) is 6.30. The van der Waals surface area contributed by atoms with Gasteiger partial charge in [0.05, 0.1) is 18.3 Å². The van der Waals surface area contributed by atoms with Crippen molar-refractivity contribution in [1.29, 1.82) is 0 Å². The summed E-state index contributed by atoms with van der Waals surface area (Å²) in [5.74, 6) is 0.766. The number of halogens is 1. The normalized spacial score (nSPS) is 12.2. The number of nitrogens with two attached hydrogens (primary N) is 1. The minimum absolute atomic E-state index is 0.318. The molecule has 2 aromatic rings. The Balaban J connectivity index is 2.20. The molecule has 0 saturated heterocycles. The topological polar surface area (TPSA) is 57.4 Å². The number of nitrogens with zero attached hydrogens (tertiary/aromatic N) is 1. The lowest BCUT2D eigenvalue weighted by molar-refractivity contribution is 0.145. The van der Waals surface area contributed by atoms with Gasteiger partial charge in [0, 0.05) is 23.3 Å². The highest BCUT2D eigenvalue weighted by Gasteiger charge is 2.15. The molecule has 0 aliphatic heterocycles. The molecule has 20 heavy (non-hydrogen) atoms. The van der Waals surface area contributed by atoms with Crippen LogP contribution in [0.15, 0.2) is 47.1 Å². The Morgan fingerprint density at radius 3 is 2.70 bits per heavy atom. The molecule has 0 aliphatic carbocycles. The van der Waals surface area contributed by atoms with E-state index in [9.17, 15) is 0 Å². The van der Waals surface area contributed by atoms with Crippen LogP contribution in [-0.4, -0.2) is 25.3 Å². The van der Waals surface area contributed by atoms with Crippen molar-refractivity contribution in [3.63, 3.8) is 0 Å². The fraction of sp³-hybridized carbons (Fsp3) is 0.267. The summed E-state index contributed by atoms with van der Waals surface area (Å²) in [6, 6.07) is 11.2. The zero-order chi connectivity index (χ0) is 14.4. The SMILES string of the molecule is COCCOc1ccccc1C(N)c1ccc(Br)cn1. The zero-order valence-corrected chi connectivity index (χ0v) is 12.8. The van der Waals surface area contributed by atoms with Gasteiger partial charge < -0.3 is 15.2 Å². The van der Waals surface area contributed by atoms with Crippen LogP contribution < -0.4 is 10.5 Å². The number of pyridine rings is 1. The Kier molecular flexibility index (Phi) is 5.52. The molecule has 1 unspecified atom stereocenters. The van der Waals surface area contributed by atoms with Crippen LogP contribution in [0.25, 0.3) is 0 Å². The maximum Gasteiger partial charge on any atom is 0.124 e. The number of hydrogen-bond acceptors (Lipinski definition) is 4. The molecule has 1 aromatic carbocycles. The van der Waals surface area contributed by atoms with Crippen LogP contribution in [0.4, 0.5) is 0 Å². The number of benzene rings is 1.